The standard InChI is InChI=1S/C17H23N3O3/c1-23-15-5-3-14(4-6-15)20-10-8-18-16(20)11-19-9-2-7-17(22,12-19)13-21/h3-6,8,10,21-22H,2,7,9,11-13H2,1H3/t17-/m0/s1. The number of aliphatic hydroxyl groups is 2. The zero-order chi connectivity index (χ0) is 16.3. The monoisotopic (exact) mass is 317 g/mol. The van der Waals surface area contributed by atoms with Crippen LogP contribution >= 0.6 is 0 Å². The fraction of sp³-hybridized carbons (Fsp3) is 0.471. The van der Waals surface area contributed by atoms with Gasteiger partial charge in [-0.25, -0.2) is 4.98 Å². The Morgan fingerprint density at radius 1 is 1.30 bits per heavy atom. The van der Waals surface area contributed by atoms with E-state index in [1.807, 2.05) is 35.0 Å². The summed E-state index contributed by atoms with van der Waals surface area (Å²) < 4.78 is 7.22. The second-order valence-corrected chi connectivity index (χ2v) is 6.11. The number of piperidine rings is 1. The van der Waals surface area contributed by atoms with Crippen molar-refractivity contribution in [1.29, 1.82) is 0 Å². The van der Waals surface area contributed by atoms with Gasteiger partial charge in [-0.05, 0) is 43.7 Å². The minimum absolute atomic E-state index is 0.198. The summed E-state index contributed by atoms with van der Waals surface area (Å²) >= 11 is 0. The Balaban J connectivity index is 1.75. The topological polar surface area (TPSA) is 70.8 Å². The summed E-state index contributed by atoms with van der Waals surface area (Å²) in [6.07, 6.45) is 5.23. The van der Waals surface area contributed by atoms with Crippen LogP contribution in [0.4, 0.5) is 0 Å². The van der Waals surface area contributed by atoms with Crippen LogP contribution in [0, 0.1) is 0 Å². The maximum Gasteiger partial charge on any atom is 0.127 e. The van der Waals surface area contributed by atoms with Crippen LogP contribution in [0.3, 0.4) is 0 Å². The number of hydrogen-bond donors (Lipinski definition) is 2. The van der Waals surface area contributed by atoms with E-state index < -0.39 is 5.60 Å². The van der Waals surface area contributed by atoms with Crippen LogP contribution < -0.4 is 4.74 Å². The molecular weight excluding hydrogens is 294 g/mol. The van der Waals surface area contributed by atoms with Gasteiger partial charge in [-0.15, -0.1) is 0 Å². The third kappa shape index (κ3) is 3.55. The predicted molar refractivity (Wildman–Crippen MR) is 86.7 cm³/mol. The van der Waals surface area contributed by atoms with E-state index in [-0.39, 0.29) is 6.61 Å². The zero-order valence-electron chi connectivity index (χ0n) is 13.4. The van der Waals surface area contributed by atoms with E-state index in [2.05, 4.69) is 9.88 Å². The molecule has 0 saturated carbocycles. The highest BCUT2D eigenvalue weighted by Gasteiger charge is 2.32. The molecule has 2 heterocycles. The van der Waals surface area contributed by atoms with E-state index in [9.17, 15) is 10.2 Å². The van der Waals surface area contributed by atoms with Gasteiger partial charge < -0.3 is 19.5 Å². The highest BCUT2D eigenvalue weighted by Crippen LogP contribution is 2.23. The van der Waals surface area contributed by atoms with Crippen LogP contribution in [0.15, 0.2) is 36.7 Å². The molecule has 0 aliphatic carbocycles. The Hall–Kier alpha value is -1.89. The predicted octanol–water partition coefficient (Wildman–Crippen LogP) is 1.20. The van der Waals surface area contributed by atoms with Crippen molar-refractivity contribution < 1.29 is 14.9 Å². The molecule has 1 saturated heterocycles. The molecular formula is C17H23N3O3. The molecule has 3 rings (SSSR count). The lowest BCUT2D eigenvalue weighted by atomic mass is 9.94. The third-order valence-electron chi connectivity index (χ3n) is 4.36. The van der Waals surface area contributed by atoms with E-state index >= 15 is 0 Å². The van der Waals surface area contributed by atoms with Crippen molar-refractivity contribution in [3.63, 3.8) is 0 Å². The minimum atomic E-state index is -0.990. The quantitative estimate of drug-likeness (QED) is 0.867. The molecule has 23 heavy (non-hydrogen) atoms. The van der Waals surface area contributed by atoms with Crippen molar-refractivity contribution in [1.82, 2.24) is 14.5 Å². The number of likely N-dealkylation sites (tertiary alicyclic amines) is 1. The fourth-order valence-electron chi connectivity index (χ4n) is 3.10. The summed E-state index contributed by atoms with van der Waals surface area (Å²) in [5, 5.41) is 19.7. The van der Waals surface area contributed by atoms with Gasteiger partial charge in [0, 0.05) is 24.6 Å². The molecule has 0 unspecified atom stereocenters. The highest BCUT2D eigenvalue weighted by atomic mass is 16.5. The van der Waals surface area contributed by atoms with Crippen molar-refractivity contribution in [2.45, 2.75) is 25.0 Å². The normalized spacial score (nSPS) is 22.2. The summed E-state index contributed by atoms with van der Waals surface area (Å²) in [4.78, 5) is 6.59. The smallest absolute Gasteiger partial charge is 0.127 e. The molecule has 6 heteroatoms. The van der Waals surface area contributed by atoms with Gasteiger partial charge in [-0.1, -0.05) is 0 Å². The number of aromatic nitrogens is 2. The molecule has 0 spiro atoms. The summed E-state index contributed by atoms with van der Waals surface area (Å²) in [5.74, 6) is 1.73. The second-order valence-electron chi connectivity index (χ2n) is 6.11. The Bertz CT molecular complexity index is 641. The van der Waals surface area contributed by atoms with Crippen molar-refractivity contribution in [2.75, 3.05) is 26.8 Å². The van der Waals surface area contributed by atoms with Gasteiger partial charge >= 0.3 is 0 Å². The highest BCUT2D eigenvalue weighted by molar-refractivity contribution is 5.38. The van der Waals surface area contributed by atoms with Crippen LogP contribution in [0.2, 0.25) is 0 Å². The van der Waals surface area contributed by atoms with Crippen LogP contribution in [0.5, 0.6) is 5.75 Å². The number of β-amino-alcohol motifs (C(OH)–C–C–N with tert-alkyl or cyclic N) is 1. The molecule has 2 aromatic rings. The first-order chi connectivity index (χ1) is 11.1. The Labute approximate surface area is 136 Å². The maximum absolute atomic E-state index is 10.3. The second kappa shape index (κ2) is 6.70. The van der Waals surface area contributed by atoms with Crippen molar-refractivity contribution in [3.8, 4) is 11.4 Å². The summed E-state index contributed by atoms with van der Waals surface area (Å²) in [6, 6.07) is 7.82. The molecule has 0 bridgehead atoms. The lowest BCUT2D eigenvalue weighted by molar-refractivity contribution is -0.0692. The average Bonchev–Trinajstić information content (AvgIpc) is 3.03. The van der Waals surface area contributed by atoms with Crippen LogP contribution in [-0.2, 0) is 6.54 Å². The Morgan fingerprint density at radius 3 is 2.78 bits per heavy atom. The first kappa shape index (κ1) is 16.0. The van der Waals surface area contributed by atoms with Crippen LogP contribution in [0.25, 0.3) is 5.69 Å². The van der Waals surface area contributed by atoms with E-state index in [4.69, 9.17) is 4.74 Å². The molecule has 1 aliphatic heterocycles. The first-order valence-corrected chi connectivity index (χ1v) is 7.86. The zero-order valence-corrected chi connectivity index (χ0v) is 13.4. The number of imidazole rings is 1. The van der Waals surface area contributed by atoms with Crippen molar-refractivity contribution in [3.05, 3.63) is 42.5 Å². The molecule has 1 aliphatic rings. The van der Waals surface area contributed by atoms with E-state index in [1.165, 1.54) is 0 Å². The largest absolute Gasteiger partial charge is 0.497 e. The van der Waals surface area contributed by atoms with Gasteiger partial charge in [0.05, 0.1) is 20.3 Å². The van der Waals surface area contributed by atoms with Crippen LogP contribution in [0.1, 0.15) is 18.7 Å². The van der Waals surface area contributed by atoms with Gasteiger partial charge in [0.2, 0.25) is 0 Å². The minimum Gasteiger partial charge on any atom is -0.497 e. The number of benzene rings is 1. The van der Waals surface area contributed by atoms with Gasteiger partial charge in [0.25, 0.3) is 0 Å². The summed E-state index contributed by atoms with van der Waals surface area (Å²) in [7, 11) is 1.65. The average molecular weight is 317 g/mol. The van der Waals surface area contributed by atoms with Crippen molar-refractivity contribution in [2.24, 2.45) is 0 Å². The number of aliphatic hydroxyl groups excluding tert-OH is 1. The lowest BCUT2D eigenvalue weighted by Crippen LogP contribution is -2.50. The summed E-state index contributed by atoms with van der Waals surface area (Å²) in [5.41, 5.74) is 0.0308. The summed E-state index contributed by atoms with van der Waals surface area (Å²) in [6.45, 7) is 1.81. The number of rotatable bonds is 5. The van der Waals surface area contributed by atoms with Crippen molar-refractivity contribution >= 4 is 0 Å². The Morgan fingerprint density at radius 2 is 2.09 bits per heavy atom. The van der Waals surface area contributed by atoms with E-state index in [1.54, 1.807) is 13.3 Å². The third-order valence-corrected chi connectivity index (χ3v) is 4.36. The molecule has 2 N–H and O–H groups in total. The molecule has 0 amide bonds. The molecule has 1 atom stereocenters. The molecule has 1 aromatic carbocycles. The fourth-order valence-corrected chi connectivity index (χ4v) is 3.10. The molecule has 6 nitrogen and oxygen atoms in total. The number of hydrogen-bond acceptors (Lipinski definition) is 5. The van der Waals surface area contributed by atoms with E-state index in [0.29, 0.717) is 19.5 Å². The molecule has 1 fully saturated rings. The van der Waals surface area contributed by atoms with Crippen LogP contribution in [-0.4, -0.2) is 57.1 Å². The van der Waals surface area contributed by atoms with Gasteiger partial charge in [0.15, 0.2) is 0 Å². The number of methoxy groups -OCH3 is 1. The molecule has 124 valence electrons. The lowest BCUT2D eigenvalue weighted by Gasteiger charge is -2.37. The maximum atomic E-state index is 10.3. The van der Waals surface area contributed by atoms with E-state index in [0.717, 1.165) is 30.2 Å². The molecule has 0 radical (unpaired) electrons. The molecule has 1 aromatic heterocycles. The van der Waals surface area contributed by atoms with Gasteiger partial charge in [-0.2, -0.15) is 0 Å². The Kier molecular flexibility index (Phi) is 4.66. The SMILES string of the molecule is COc1ccc(-n2ccnc2CN2CCC[C@@](O)(CO)C2)cc1. The number of nitrogens with zero attached hydrogens (tertiary/aromatic N) is 3. The van der Waals surface area contributed by atoms with Gasteiger partial charge in [0.1, 0.15) is 17.2 Å². The first-order valence-electron chi connectivity index (χ1n) is 7.86. The van der Waals surface area contributed by atoms with Gasteiger partial charge in [-0.3, -0.25) is 4.90 Å². The number of ether oxygens (including phenoxy) is 1.